The second-order valence-corrected chi connectivity index (χ2v) is 4.47. The summed E-state index contributed by atoms with van der Waals surface area (Å²) in [6.07, 6.45) is 1.88. The fraction of sp³-hybridized carbons (Fsp3) is 0.250. The Kier molecular flexibility index (Phi) is 3.74. The summed E-state index contributed by atoms with van der Waals surface area (Å²) in [5, 5.41) is 10.4. The van der Waals surface area contributed by atoms with E-state index in [0.717, 1.165) is 28.8 Å². The van der Waals surface area contributed by atoms with Gasteiger partial charge in [-0.25, -0.2) is 0 Å². The van der Waals surface area contributed by atoms with Gasteiger partial charge >= 0.3 is 0 Å². The van der Waals surface area contributed by atoms with Crippen LogP contribution in [0.15, 0.2) is 34.9 Å². The molecule has 0 atom stereocenters. The molecule has 1 heterocycles. The number of nitrogens with zero attached hydrogens (tertiary/aromatic N) is 1. The Morgan fingerprint density at radius 2 is 2.06 bits per heavy atom. The van der Waals surface area contributed by atoms with Crippen molar-refractivity contribution in [2.24, 2.45) is 0 Å². The molecule has 0 saturated carbocycles. The van der Waals surface area contributed by atoms with Gasteiger partial charge in [0.2, 0.25) is 0 Å². The van der Waals surface area contributed by atoms with Crippen molar-refractivity contribution in [3.63, 3.8) is 0 Å². The maximum atomic E-state index is 4.10. The molecule has 2 rings (SSSR count). The smallest absolute Gasteiger partial charge is 0.0695 e. The number of halogens is 1. The molecule has 0 aliphatic rings. The molecular formula is C12H14BrN3. The standard InChI is InChI=1S/C12H14BrN3/c1-2-14-7-10-8-15-16-12(10)9-3-5-11(13)6-4-9/h3-6,8,14H,2,7H2,1H3,(H,15,16). The number of hydrogen-bond donors (Lipinski definition) is 2. The van der Waals surface area contributed by atoms with Crippen molar-refractivity contribution in [1.29, 1.82) is 0 Å². The van der Waals surface area contributed by atoms with Crippen molar-refractivity contribution >= 4 is 15.9 Å². The molecule has 4 heteroatoms. The fourth-order valence-electron chi connectivity index (χ4n) is 1.57. The Balaban J connectivity index is 2.26. The first-order valence-corrected chi connectivity index (χ1v) is 6.09. The number of rotatable bonds is 4. The van der Waals surface area contributed by atoms with Gasteiger partial charge in [-0.1, -0.05) is 35.0 Å². The van der Waals surface area contributed by atoms with Crippen LogP contribution in [0.25, 0.3) is 11.3 Å². The van der Waals surface area contributed by atoms with Crippen molar-refractivity contribution < 1.29 is 0 Å². The lowest BCUT2D eigenvalue weighted by molar-refractivity contribution is 0.728. The molecule has 3 nitrogen and oxygen atoms in total. The summed E-state index contributed by atoms with van der Waals surface area (Å²) in [6.45, 7) is 3.91. The summed E-state index contributed by atoms with van der Waals surface area (Å²) in [7, 11) is 0. The van der Waals surface area contributed by atoms with Crippen LogP contribution in [0.1, 0.15) is 12.5 Å². The third-order valence-electron chi connectivity index (χ3n) is 2.42. The summed E-state index contributed by atoms with van der Waals surface area (Å²) in [5.41, 5.74) is 3.45. The van der Waals surface area contributed by atoms with Gasteiger partial charge in [0, 0.05) is 16.6 Å². The molecule has 0 radical (unpaired) electrons. The summed E-state index contributed by atoms with van der Waals surface area (Å²) in [6, 6.07) is 8.22. The van der Waals surface area contributed by atoms with Crippen LogP contribution in [-0.4, -0.2) is 16.7 Å². The van der Waals surface area contributed by atoms with Gasteiger partial charge in [-0.3, -0.25) is 5.10 Å². The van der Waals surface area contributed by atoms with Crippen molar-refractivity contribution in [1.82, 2.24) is 15.5 Å². The van der Waals surface area contributed by atoms with Crippen molar-refractivity contribution in [3.8, 4) is 11.3 Å². The molecule has 0 bridgehead atoms. The highest BCUT2D eigenvalue weighted by atomic mass is 79.9. The van der Waals surface area contributed by atoms with E-state index in [4.69, 9.17) is 0 Å². The number of H-pyrrole nitrogens is 1. The predicted molar refractivity (Wildman–Crippen MR) is 69.1 cm³/mol. The maximum absolute atomic E-state index is 4.10. The molecule has 0 amide bonds. The minimum absolute atomic E-state index is 0.846. The van der Waals surface area contributed by atoms with E-state index < -0.39 is 0 Å². The van der Waals surface area contributed by atoms with Gasteiger partial charge in [0.05, 0.1) is 11.9 Å². The second kappa shape index (κ2) is 5.27. The van der Waals surface area contributed by atoms with Gasteiger partial charge in [-0.15, -0.1) is 0 Å². The van der Waals surface area contributed by atoms with Gasteiger partial charge in [-0.05, 0) is 24.2 Å². The van der Waals surface area contributed by atoms with E-state index >= 15 is 0 Å². The third-order valence-corrected chi connectivity index (χ3v) is 2.94. The average molecular weight is 280 g/mol. The first-order valence-electron chi connectivity index (χ1n) is 5.30. The zero-order valence-electron chi connectivity index (χ0n) is 9.13. The monoisotopic (exact) mass is 279 g/mol. The number of nitrogens with one attached hydrogen (secondary N) is 2. The van der Waals surface area contributed by atoms with E-state index in [9.17, 15) is 0 Å². The normalized spacial score (nSPS) is 10.6. The molecule has 0 fully saturated rings. The minimum atomic E-state index is 0.846. The lowest BCUT2D eigenvalue weighted by atomic mass is 10.1. The van der Waals surface area contributed by atoms with Crippen molar-refractivity contribution in [2.45, 2.75) is 13.5 Å². The maximum Gasteiger partial charge on any atom is 0.0695 e. The average Bonchev–Trinajstić information content (AvgIpc) is 2.75. The highest BCUT2D eigenvalue weighted by Crippen LogP contribution is 2.22. The number of benzene rings is 1. The molecule has 16 heavy (non-hydrogen) atoms. The van der Waals surface area contributed by atoms with Gasteiger partial charge in [-0.2, -0.15) is 5.10 Å². The first kappa shape index (κ1) is 11.4. The topological polar surface area (TPSA) is 40.7 Å². The van der Waals surface area contributed by atoms with E-state index in [2.05, 4.69) is 50.5 Å². The van der Waals surface area contributed by atoms with Crippen LogP contribution in [0.5, 0.6) is 0 Å². The fourth-order valence-corrected chi connectivity index (χ4v) is 1.84. The third kappa shape index (κ3) is 2.51. The minimum Gasteiger partial charge on any atom is -0.313 e. The van der Waals surface area contributed by atoms with Crippen molar-refractivity contribution in [3.05, 3.63) is 40.5 Å². The van der Waals surface area contributed by atoms with E-state index in [-0.39, 0.29) is 0 Å². The number of hydrogen-bond acceptors (Lipinski definition) is 2. The molecule has 2 aromatic rings. The van der Waals surface area contributed by atoms with Gasteiger partial charge in [0.15, 0.2) is 0 Å². The van der Waals surface area contributed by atoms with E-state index in [0.29, 0.717) is 0 Å². The van der Waals surface area contributed by atoms with Gasteiger partial charge in [0.25, 0.3) is 0 Å². The highest BCUT2D eigenvalue weighted by molar-refractivity contribution is 9.10. The Morgan fingerprint density at radius 1 is 1.31 bits per heavy atom. The predicted octanol–water partition coefficient (Wildman–Crippen LogP) is 2.95. The Bertz CT molecular complexity index is 448. The molecule has 1 aromatic carbocycles. The molecule has 0 aliphatic carbocycles. The van der Waals surface area contributed by atoms with E-state index in [1.165, 1.54) is 5.56 Å². The van der Waals surface area contributed by atoms with Gasteiger partial charge in [0.1, 0.15) is 0 Å². The first-order chi connectivity index (χ1) is 7.81. The van der Waals surface area contributed by atoms with Crippen LogP contribution >= 0.6 is 15.9 Å². The van der Waals surface area contributed by atoms with E-state index in [1.807, 2.05) is 18.3 Å². The molecule has 1 aromatic heterocycles. The summed E-state index contributed by atoms with van der Waals surface area (Å²) < 4.78 is 1.09. The number of aromatic amines is 1. The molecule has 2 N–H and O–H groups in total. The molecule has 0 spiro atoms. The van der Waals surface area contributed by atoms with Crippen LogP contribution in [0, 0.1) is 0 Å². The SMILES string of the molecule is CCNCc1cn[nH]c1-c1ccc(Br)cc1. The molecule has 0 aliphatic heterocycles. The van der Waals surface area contributed by atoms with Gasteiger partial charge < -0.3 is 5.32 Å². The summed E-state index contributed by atoms with van der Waals surface area (Å²) >= 11 is 3.43. The van der Waals surface area contributed by atoms with Crippen LogP contribution < -0.4 is 5.32 Å². The Hall–Kier alpha value is -1.13. The largest absolute Gasteiger partial charge is 0.313 e. The Labute approximate surface area is 103 Å². The summed E-state index contributed by atoms with van der Waals surface area (Å²) in [5.74, 6) is 0. The van der Waals surface area contributed by atoms with Crippen LogP contribution in [0.4, 0.5) is 0 Å². The summed E-state index contributed by atoms with van der Waals surface area (Å²) in [4.78, 5) is 0. The van der Waals surface area contributed by atoms with E-state index in [1.54, 1.807) is 0 Å². The van der Waals surface area contributed by atoms with Crippen molar-refractivity contribution in [2.75, 3.05) is 6.54 Å². The number of aromatic nitrogens is 2. The van der Waals surface area contributed by atoms with Crippen LogP contribution in [0.3, 0.4) is 0 Å². The quantitative estimate of drug-likeness (QED) is 0.904. The van der Waals surface area contributed by atoms with Crippen LogP contribution in [-0.2, 0) is 6.54 Å². The molecule has 0 unspecified atom stereocenters. The highest BCUT2D eigenvalue weighted by Gasteiger charge is 2.06. The second-order valence-electron chi connectivity index (χ2n) is 3.56. The lowest BCUT2D eigenvalue weighted by Crippen LogP contribution is -2.11. The zero-order valence-corrected chi connectivity index (χ0v) is 10.7. The van der Waals surface area contributed by atoms with Crippen LogP contribution in [0.2, 0.25) is 0 Å². The molecule has 0 saturated heterocycles. The Morgan fingerprint density at radius 3 is 2.75 bits per heavy atom. The molecule has 84 valence electrons. The lowest BCUT2D eigenvalue weighted by Gasteiger charge is -2.03. The molecular weight excluding hydrogens is 266 g/mol. The zero-order chi connectivity index (χ0) is 11.4.